The normalized spacial score (nSPS) is 13.3. The van der Waals surface area contributed by atoms with Gasteiger partial charge in [-0.2, -0.15) is 0 Å². The van der Waals surface area contributed by atoms with E-state index < -0.39 is 24.5 Å². The van der Waals surface area contributed by atoms with Crippen LogP contribution in [0.5, 0.6) is 5.75 Å². The molecule has 0 bridgehead atoms. The van der Waals surface area contributed by atoms with Gasteiger partial charge in [0.1, 0.15) is 5.75 Å². The molecule has 0 fully saturated rings. The topological polar surface area (TPSA) is 93.7 Å². The number of ether oxygens (including phenoxy) is 2. The Morgan fingerprint density at radius 3 is 2.60 bits per heavy atom. The quantitative estimate of drug-likeness (QED) is 0.513. The van der Waals surface area contributed by atoms with Gasteiger partial charge in [-0.1, -0.05) is 42.0 Å². The summed E-state index contributed by atoms with van der Waals surface area (Å²) in [5, 5.41) is 6.83. The lowest BCUT2D eigenvalue weighted by Crippen LogP contribution is -2.42. The predicted octanol–water partition coefficient (Wildman–Crippen LogP) is 3.48. The van der Waals surface area contributed by atoms with Crippen LogP contribution in [-0.4, -0.2) is 37.7 Å². The maximum Gasteiger partial charge on any atom is 0.344 e. The number of imide groups is 1. The van der Waals surface area contributed by atoms with Gasteiger partial charge < -0.3 is 14.8 Å². The highest BCUT2D eigenvalue weighted by Crippen LogP contribution is 2.20. The summed E-state index contributed by atoms with van der Waals surface area (Å²) in [7, 11) is 0. The molecule has 7 heteroatoms. The van der Waals surface area contributed by atoms with E-state index in [9.17, 15) is 14.4 Å². The Balaban J connectivity index is 1.31. The standard InChI is InChI=1S/C23H26N2O5/c26-21(25-23(28)24-13-12-17-6-2-1-3-7-17)15-30-22(27)16-29-20-11-10-18-8-4-5-9-19(18)14-20/h4-6,8-11,14H,1-3,7,12-13,15-16H2,(H2,24,25,26,28). The van der Waals surface area contributed by atoms with Crippen LogP contribution in [0.25, 0.3) is 10.8 Å². The first-order chi connectivity index (χ1) is 14.6. The minimum absolute atomic E-state index is 0.326. The second kappa shape index (κ2) is 11.0. The van der Waals surface area contributed by atoms with Gasteiger partial charge in [0.2, 0.25) is 0 Å². The zero-order chi connectivity index (χ0) is 21.2. The van der Waals surface area contributed by atoms with Crippen LogP contribution in [0.1, 0.15) is 32.1 Å². The minimum Gasteiger partial charge on any atom is -0.482 e. The predicted molar refractivity (Wildman–Crippen MR) is 113 cm³/mol. The Hall–Kier alpha value is -3.35. The molecule has 0 spiro atoms. The second-order valence-electron chi connectivity index (χ2n) is 7.12. The third kappa shape index (κ3) is 6.92. The van der Waals surface area contributed by atoms with Crippen LogP contribution in [-0.2, 0) is 14.3 Å². The monoisotopic (exact) mass is 410 g/mol. The Kier molecular flexibility index (Phi) is 7.83. The molecule has 0 unspecified atom stereocenters. The van der Waals surface area contributed by atoms with Gasteiger partial charge in [-0.05, 0) is 55.0 Å². The molecule has 0 aromatic heterocycles. The van der Waals surface area contributed by atoms with Crippen molar-refractivity contribution in [1.82, 2.24) is 10.6 Å². The number of urea groups is 1. The van der Waals surface area contributed by atoms with Crippen LogP contribution in [0, 0.1) is 0 Å². The van der Waals surface area contributed by atoms with Crippen molar-refractivity contribution in [2.45, 2.75) is 32.1 Å². The van der Waals surface area contributed by atoms with E-state index in [2.05, 4.69) is 16.7 Å². The van der Waals surface area contributed by atoms with Crippen molar-refractivity contribution >= 4 is 28.7 Å². The summed E-state index contributed by atoms with van der Waals surface area (Å²) < 4.78 is 10.3. The van der Waals surface area contributed by atoms with E-state index in [-0.39, 0.29) is 6.61 Å². The van der Waals surface area contributed by atoms with Gasteiger partial charge in [-0.15, -0.1) is 0 Å². The second-order valence-corrected chi connectivity index (χ2v) is 7.12. The molecule has 30 heavy (non-hydrogen) atoms. The Labute approximate surface area is 175 Å². The molecule has 1 aliphatic carbocycles. The van der Waals surface area contributed by atoms with E-state index in [1.165, 1.54) is 18.4 Å². The molecule has 0 saturated carbocycles. The average molecular weight is 410 g/mol. The van der Waals surface area contributed by atoms with Gasteiger partial charge >= 0.3 is 12.0 Å². The lowest BCUT2D eigenvalue weighted by atomic mass is 9.97. The average Bonchev–Trinajstić information content (AvgIpc) is 2.77. The first-order valence-corrected chi connectivity index (χ1v) is 10.1. The molecule has 0 saturated heterocycles. The number of amides is 3. The van der Waals surface area contributed by atoms with Crippen LogP contribution in [0.4, 0.5) is 4.79 Å². The van der Waals surface area contributed by atoms with Gasteiger partial charge in [-0.25, -0.2) is 9.59 Å². The van der Waals surface area contributed by atoms with Crippen molar-refractivity contribution in [3.63, 3.8) is 0 Å². The van der Waals surface area contributed by atoms with E-state index >= 15 is 0 Å². The number of rotatable bonds is 8. The number of hydrogen-bond acceptors (Lipinski definition) is 5. The maximum absolute atomic E-state index is 11.8. The van der Waals surface area contributed by atoms with Crippen molar-refractivity contribution in [2.24, 2.45) is 0 Å². The van der Waals surface area contributed by atoms with Crippen LogP contribution in [0.15, 0.2) is 54.1 Å². The molecule has 3 rings (SSSR count). The number of nitrogens with one attached hydrogen (secondary N) is 2. The molecule has 0 radical (unpaired) electrons. The summed E-state index contributed by atoms with van der Waals surface area (Å²) in [6.07, 6.45) is 7.57. The highest BCUT2D eigenvalue weighted by Gasteiger charge is 2.12. The molecule has 2 N–H and O–H groups in total. The molecule has 2 aromatic rings. The smallest absolute Gasteiger partial charge is 0.344 e. The van der Waals surface area contributed by atoms with Crippen molar-refractivity contribution < 1.29 is 23.9 Å². The third-order valence-electron chi connectivity index (χ3n) is 4.81. The summed E-state index contributed by atoms with van der Waals surface area (Å²) in [6.45, 7) is -0.407. The molecule has 158 valence electrons. The summed E-state index contributed by atoms with van der Waals surface area (Å²) in [6, 6.07) is 12.7. The van der Waals surface area contributed by atoms with Gasteiger partial charge in [0, 0.05) is 6.54 Å². The zero-order valence-corrected chi connectivity index (χ0v) is 16.8. The van der Waals surface area contributed by atoms with Crippen molar-refractivity contribution in [3.8, 4) is 5.75 Å². The van der Waals surface area contributed by atoms with Crippen LogP contribution in [0.3, 0.4) is 0 Å². The molecule has 1 aliphatic rings. The van der Waals surface area contributed by atoms with Gasteiger partial charge in [0.25, 0.3) is 5.91 Å². The SMILES string of the molecule is O=C(COC(=O)COc1ccc2ccccc2c1)NC(=O)NCCC1=CCCCC1. The lowest BCUT2D eigenvalue weighted by Gasteiger charge is -2.13. The van der Waals surface area contributed by atoms with Gasteiger partial charge in [0.05, 0.1) is 0 Å². The van der Waals surface area contributed by atoms with Gasteiger partial charge in [0.15, 0.2) is 13.2 Å². The molecular formula is C23H26N2O5. The Morgan fingerprint density at radius 1 is 0.967 bits per heavy atom. The number of hydrogen-bond donors (Lipinski definition) is 2. The summed E-state index contributed by atoms with van der Waals surface area (Å²) in [4.78, 5) is 35.3. The molecule has 0 aliphatic heterocycles. The molecular weight excluding hydrogens is 384 g/mol. The molecule has 0 heterocycles. The molecule has 2 aromatic carbocycles. The summed E-state index contributed by atoms with van der Waals surface area (Å²) in [5.74, 6) is -0.853. The fourth-order valence-corrected chi connectivity index (χ4v) is 3.26. The van der Waals surface area contributed by atoms with Crippen LogP contribution in [0.2, 0.25) is 0 Å². The Morgan fingerprint density at radius 2 is 1.80 bits per heavy atom. The number of carbonyl (C=O) groups is 3. The fourth-order valence-electron chi connectivity index (χ4n) is 3.26. The zero-order valence-electron chi connectivity index (χ0n) is 16.8. The number of allylic oxidation sites excluding steroid dienone is 1. The first-order valence-electron chi connectivity index (χ1n) is 10.1. The van der Waals surface area contributed by atoms with Crippen molar-refractivity contribution in [1.29, 1.82) is 0 Å². The summed E-state index contributed by atoms with van der Waals surface area (Å²) in [5.41, 5.74) is 1.34. The fraction of sp³-hybridized carbons (Fsp3) is 0.348. The molecule has 0 atom stereocenters. The Bertz CT molecular complexity index is 938. The minimum atomic E-state index is -0.692. The summed E-state index contributed by atoms with van der Waals surface area (Å²) >= 11 is 0. The van der Waals surface area contributed by atoms with Crippen LogP contribution >= 0.6 is 0 Å². The van der Waals surface area contributed by atoms with Gasteiger partial charge in [-0.3, -0.25) is 10.1 Å². The van der Waals surface area contributed by atoms with Crippen molar-refractivity contribution in [2.75, 3.05) is 19.8 Å². The highest BCUT2D eigenvalue weighted by atomic mass is 16.6. The molecule has 7 nitrogen and oxygen atoms in total. The van der Waals surface area contributed by atoms with Crippen molar-refractivity contribution in [3.05, 3.63) is 54.1 Å². The maximum atomic E-state index is 11.8. The van der Waals surface area contributed by atoms with E-state index in [0.29, 0.717) is 12.3 Å². The number of carbonyl (C=O) groups excluding carboxylic acids is 3. The van der Waals surface area contributed by atoms with E-state index in [1.54, 1.807) is 6.07 Å². The third-order valence-corrected chi connectivity index (χ3v) is 4.81. The van der Waals surface area contributed by atoms with E-state index in [4.69, 9.17) is 9.47 Å². The number of esters is 1. The van der Waals surface area contributed by atoms with Crippen LogP contribution < -0.4 is 15.4 Å². The number of benzene rings is 2. The largest absolute Gasteiger partial charge is 0.482 e. The molecule has 3 amide bonds. The highest BCUT2D eigenvalue weighted by molar-refractivity contribution is 5.95. The van der Waals surface area contributed by atoms with E-state index in [1.807, 2.05) is 36.4 Å². The number of fused-ring (bicyclic) bond motifs is 1. The van der Waals surface area contributed by atoms with E-state index in [0.717, 1.165) is 30.0 Å². The lowest BCUT2D eigenvalue weighted by molar-refractivity contribution is -0.150. The first kappa shape index (κ1) is 21.4.